The van der Waals surface area contributed by atoms with Gasteiger partial charge in [0, 0.05) is 6.42 Å². The summed E-state index contributed by atoms with van der Waals surface area (Å²) in [6.45, 7) is 20.1. The van der Waals surface area contributed by atoms with Crippen molar-refractivity contribution in [1.29, 1.82) is 0 Å². The van der Waals surface area contributed by atoms with Gasteiger partial charge in [-0.25, -0.2) is 0 Å². The van der Waals surface area contributed by atoms with Crippen LogP contribution < -0.4 is 5.32 Å². The highest BCUT2D eigenvalue weighted by Gasteiger charge is 2.63. The zero-order valence-corrected chi connectivity index (χ0v) is 22.5. The van der Waals surface area contributed by atoms with Gasteiger partial charge >= 0.3 is 0 Å². The zero-order valence-electron chi connectivity index (χ0n) is 22.5. The maximum absolute atomic E-state index is 10.8. The maximum atomic E-state index is 10.8. The van der Waals surface area contributed by atoms with E-state index in [2.05, 4.69) is 60.7 Å². The van der Waals surface area contributed by atoms with Gasteiger partial charge in [-0.05, 0) is 111 Å². The molecule has 0 spiro atoms. The lowest BCUT2D eigenvalue weighted by molar-refractivity contribution is -0.535. The first kappa shape index (κ1) is 23.4. The SMILES string of the molecule is CC(CCC1[NH2+]C1(C)C)C1CC[C@@]2(C)C3=C(CCC12C)C1(C)CCC(O)C(C)(C)C1CC3. The molecule has 0 bridgehead atoms. The molecule has 0 aromatic rings. The number of nitrogens with two attached hydrogens (primary N) is 1. The van der Waals surface area contributed by atoms with Crippen LogP contribution in [0, 0.1) is 39.4 Å². The largest absolute Gasteiger partial charge is 0.393 e. The van der Waals surface area contributed by atoms with Gasteiger partial charge in [0.1, 0.15) is 11.6 Å². The highest BCUT2D eigenvalue weighted by Crippen LogP contribution is 2.72. The molecular formula is C30H52NO+. The van der Waals surface area contributed by atoms with E-state index in [1.54, 1.807) is 0 Å². The normalized spacial score (nSPS) is 49.8. The second-order valence-corrected chi connectivity index (χ2v) is 14.9. The van der Waals surface area contributed by atoms with Crippen LogP contribution in [0.1, 0.15) is 120 Å². The van der Waals surface area contributed by atoms with Gasteiger partial charge in [0.2, 0.25) is 0 Å². The van der Waals surface area contributed by atoms with Crippen LogP contribution in [-0.2, 0) is 0 Å². The Hall–Kier alpha value is -0.340. The molecular weight excluding hydrogens is 390 g/mol. The lowest BCUT2D eigenvalue weighted by Crippen LogP contribution is -2.65. The van der Waals surface area contributed by atoms with Gasteiger partial charge < -0.3 is 10.4 Å². The van der Waals surface area contributed by atoms with Gasteiger partial charge in [-0.15, -0.1) is 0 Å². The molecule has 1 saturated heterocycles. The summed E-state index contributed by atoms with van der Waals surface area (Å²) >= 11 is 0. The molecule has 4 aliphatic carbocycles. The average molecular weight is 443 g/mol. The fourth-order valence-corrected chi connectivity index (χ4v) is 10.2. The minimum Gasteiger partial charge on any atom is -0.393 e. The fraction of sp³-hybridized carbons (Fsp3) is 0.933. The first-order chi connectivity index (χ1) is 14.8. The summed E-state index contributed by atoms with van der Waals surface area (Å²) in [6, 6.07) is 0.867. The first-order valence-corrected chi connectivity index (χ1v) is 14.0. The van der Waals surface area contributed by atoms with E-state index in [-0.39, 0.29) is 11.5 Å². The van der Waals surface area contributed by atoms with E-state index in [0.29, 0.717) is 27.7 Å². The van der Waals surface area contributed by atoms with Gasteiger partial charge in [-0.2, -0.15) is 0 Å². The molecule has 3 fully saturated rings. The fourth-order valence-electron chi connectivity index (χ4n) is 10.2. The molecule has 0 radical (unpaired) electrons. The molecule has 5 rings (SSSR count). The predicted molar refractivity (Wildman–Crippen MR) is 133 cm³/mol. The van der Waals surface area contributed by atoms with Crippen LogP contribution in [0.5, 0.6) is 0 Å². The Morgan fingerprint density at radius 3 is 2.25 bits per heavy atom. The molecule has 1 heterocycles. The number of hydrogen-bond donors (Lipinski definition) is 2. The van der Waals surface area contributed by atoms with Crippen LogP contribution in [0.3, 0.4) is 0 Å². The van der Waals surface area contributed by atoms with Crippen molar-refractivity contribution in [1.82, 2.24) is 0 Å². The number of fused-ring (bicyclic) bond motifs is 4. The lowest BCUT2D eigenvalue weighted by Gasteiger charge is -2.62. The third-order valence-electron chi connectivity index (χ3n) is 12.9. The van der Waals surface area contributed by atoms with E-state index in [1.807, 2.05) is 11.1 Å². The van der Waals surface area contributed by atoms with Crippen molar-refractivity contribution < 1.29 is 10.4 Å². The molecule has 2 saturated carbocycles. The maximum Gasteiger partial charge on any atom is 0.143 e. The van der Waals surface area contributed by atoms with Gasteiger partial charge in [-0.3, -0.25) is 0 Å². The summed E-state index contributed by atoms with van der Waals surface area (Å²) in [4.78, 5) is 0. The Labute approximate surface area is 198 Å². The van der Waals surface area contributed by atoms with Crippen molar-refractivity contribution >= 4 is 0 Å². The lowest BCUT2D eigenvalue weighted by atomic mass is 9.43. The van der Waals surface area contributed by atoms with Crippen LogP contribution >= 0.6 is 0 Å². The van der Waals surface area contributed by atoms with Crippen LogP contribution in [0.2, 0.25) is 0 Å². The van der Waals surface area contributed by atoms with E-state index in [0.717, 1.165) is 24.3 Å². The van der Waals surface area contributed by atoms with E-state index in [1.165, 1.54) is 57.8 Å². The summed E-state index contributed by atoms with van der Waals surface area (Å²) in [7, 11) is 0. The zero-order chi connectivity index (χ0) is 23.3. The molecule has 0 aromatic heterocycles. The molecule has 5 aliphatic rings. The van der Waals surface area contributed by atoms with Crippen molar-refractivity contribution in [3.63, 3.8) is 0 Å². The number of aliphatic hydroxyl groups is 1. The smallest absolute Gasteiger partial charge is 0.143 e. The van der Waals surface area contributed by atoms with Gasteiger partial charge in [-0.1, -0.05) is 52.7 Å². The molecule has 2 heteroatoms. The van der Waals surface area contributed by atoms with Gasteiger partial charge in [0.25, 0.3) is 0 Å². The van der Waals surface area contributed by atoms with Gasteiger partial charge in [0.05, 0.1) is 6.10 Å². The topological polar surface area (TPSA) is 36.8 Å². The van der Waals surface area contributed by atoms with E-state index in [9.17, 15) is 5.11 Å². The van der Waals surface area contributed by atoms with Crippen molar-refractivity contribution in [2.75, 3.05) is 0 Å². The quantitative estimate of drug-likeness (QED) is 0.392. The molecule has 32 heavy (non-hydrogen) atoms. The monoisotopic (exact) mass is 442 g/mol. The molecule has 0 amide bonds. The third kappa shape index (κ3) is 3.03. The number of quaternary nitrogens is 1. The standard InChI is InChI=1S/C30H51NO/c1-19(9-12-24-27(4,5)31-24)20-13-17-30(8)22-10-11-23-26(2,3)25(32)15-16-28(23,6)21(22)14-18-29(20,30)7/h19-20,23-25,31-32H,9-18H2,1-8H3/p+1/t19?,20?,23?,24?,25?,28?,29?,30-/m0/s1. The molecule has 8 atom stereocenters. The molecule has 3 N–H and O–H groups in total. The highest BCUT2D eigenvalue weighted by atomic mass is 16.3. The van der Waals surface area contributed by atoms with Crippen molar-refractivity contribution in [3.05, 3.63) is 11.1 Å². The summed E-state index contributed by atoms with van der Waals surface area (Å²) in [6.07, 6.45) is 13.0. The Morgan fingerprint density at radius 1 is 0.906 bits per heavy atom. The molecule has 182 valence electrons. The minimum absolute atomic E-state index is 0.0491. The highest BCUT2D eigenvalue weighted by molar-refractivity contribution is 5.38. The van der Waals surface area contributed by atoms with Crippen LogP contribution in [0.4, 0.5) is 0 Å². The molecule has 0 aromatic carbocycles. The summed E-state index contributed by atoms with van der Waals surface area (Å²) in [5.74, 6) is 2.38. The second kappa shape index (κ2) is 7.09. The Balaban J connectivity index is 1.41. The van der Waals surface area contributed by atoms with Gasteiger partial charge in [0.15, 0.2) is 0 Å². The third-order valence-corrected chi connectivity index (χ3v) is 12.9. The van der Waals surface area contributed by atoms with Crippen LogP contribution in [0.25, 0.3) is 0 Å². The number of rotatable bonds is 4. The number of allylic oxidation sites excluding steroid dienone is 2. The predicted octanol–water partition coefficient (Wildman–Crippen LogP) is 6.24. The van der Waals surface area contributed by atoms with Crippen molar-refractivity contribution in [3.8, 4) is 0 Å². The second-order valence-electron chi connectivity index (χ2n) is 14.9. The number of aliphatic hydroxyl groups excluding tert-OH is 1. The summed E-state index contributed by atoms with van der Waals surface area (Å²) < 4.78 is 0. The van der Waals surface area contributed by atoms with E-state index < -0.39 is 0 Å². The van der Waals surface area contributed by atoms with E-state index in [4.69, 9.17) is 0 Å². The van der Waals surface area contributed by atoms with Crippen molar-refractivity contribution in [2.45, 2.75) is 137 Å². The Bertz CT molecular complexity index is 810. The summed E-state index contributed by atoms with van der Waals surface area (Å²) in [5.41, 5.74) is 5.50. The Morgan fingerprint density at radius 2 is 1.59 bits per heavy atom. The average Bonchev–Trinajstić information content (AvgIpc) is 3.22. The van der Waals surface area contributed by atoms with Crippen LogP contribution in [-0.4, -0.2) is 22.8 Å². The molecule has 1 aliphatic heterocycles. The summed E-state index contributed by atoms with van der Waals surface area (Å²) in [5, 5.41) is 13.4. The molecule has 7 unspecified atom stereocenters. The van der Waals surface area contributed by atoms with Crippen LogP contribution in [0.15, 0.2) is 11.1 Å². The number of hydrogen-bond acceptors (Lipinski definition) is 1. The van der Waals surface area contributed by atoms with Crippen molar-refractivity contribution in [2.24, 2.45) is 39.4 Å². The Kier molecular flexibility index (Phi) is 5.19. The minimum atomic E-state index is -0.127. The first-order valence-electron chi connectivity index (χ1n) is 14.0. The molecule has 2 nitrogen and oxygen atoms in total. The van der Waals surface area contributed by atoms with E-state index >= 15 is 0 Å².